The van der Waals surface area contributed by atoms with Gasteiger partial charge in [0.2, 0.25) is 26.0 Å². The summed E-state index contributed by atoms with van der Waals surface area (Å²) in [6.45, 7) is 0.736. The summed E-state index contributed by atoms with van der Waals surface area (Å²) in [5.74, 6) is 0.187. The second-order valence-corrected chi connectivity index (χ2v) is 10.8. The molecule has 11 heteroatoms. The van der Waals surface area contributed by atoms with Crippen molar-refractivity contribution in [1.82, 2.24) is 14.3 Å². The maximum atomic E-state index is 11.7. The van der Waals surface area contributed by atoms with E-state index in [4.69, 9.17) is 10.9 Å². The van der Waals surface area contributed by atoms with Crippen LogP contribution in [-0.4, -0.2) is 50.5 Å². The minimum atomic E-state index is -3.69. The van der Waals surface area contributed by atoms with Crippen molar-refractivity contribution in [3.8, 4) is 0 Å². The minimum Gasteiger partial charge on any atom is -0.368 e. The van der Waals surface area contributed by atoms with Gasteiger partial charge in [-0.15, -0.1) is 0 Å². The first-order valence-electron chi connectivity index (χ1n) is 9.42. The number of anilines is 1. The first-order valence-corrected chi connectivity index (χ1v) is 12.8. The third-order valence-corrected chi connectivity index (χ3v) is 7.12. The molecule has 1 aliphatic rings. The second-order valence-electron chi connectivity index (χ2n) is 7.25. The average molecular weight is 452 g/mol. The fraction of sp³-hybridized carbons (Fsp3) is 0.368. The third-order valence-electron chi connectivity index (χ3n) is 4.92. The topological polar surface area (TPSA) is 149 Å². The summed E-state index contributed by atoms with van der Waals surface area (Å²) >= 11 is 0. The molecule has 0 saturated carbocycles. The number of primary sulfonamides is 1. The van der Waals surface area contributed by atoms with Gasteiger partial charge in [0.25, 0.3) is 0 Å². The van der Waals surface area contributed by atoms with E-state index in [9.17, 15) is 16.8 Å². The van der Waals surface area contributed by atoms with Crippen molar-refractivity contribution in [2.24, 2.45) is 5.14 Å². The van der Waals surface area contributed by atoms with Gasteiger partial charge in [-0.05, 0) is 55.0 Å². The second kappa shape index (κ2) is 8.80. The van der Waals surface area contributed by atoms with E-state index in [0.717, 1.165) is 35.4 Å². The lowest BCUT2D eigenvalue weighted by atomic mass is 10.0. The molecule has 9 nitrogen and oxygen atoms in total. The Morgan fingerprint density at radius 2 is 1.77 bits per heavy atom. The van der Waals surface area contributed by atoms with E-state index in [0.29, 0.717) is 25.9 Å². The van der Waals surface area contributed by atoms with Gasteiger partial charge in [-0.25, -0.2) is 31.9 Å². The van der Waals surface area contributed by atoms with Gasteiger partial charge in [0.05, 0.1) is 16.8 Å². The largest absolute Gasteiger partial charge is 0.368 e. The molecule has 0 amide bonds. The fourth-order valence-electron chi connectivity index (χ4n) is 3.31. The van der Waals surface area contributed by atoms with E-state index in [1.54, 1.807) is 12.1 Å². The van der Waals surface area contributed by atoms with Gasteiger partial charge in [0, 0.05) is 18.8 Å². The van der Waals surface area contributed by atoms with Gasteiger partial charge in [-0.1, -0.05) is 18.2 Å². The van der Waals surface area contributed by atoms with Crippen molar-refractivity contribution in [1.29, 1.82) is 0 Å². The molecule has 0 saturated heterocycles. The van der Waals surface area contributed by atoms with Crippen LogP contribution in [0.15, 0.2) is 41.3 Å². The van der Waals surface area contributed by atoms with Crippen molar-refractivity contribution >= 4 is 31.6 Å². The molecule has 0 aliphatic carbocycles. The molecule has 2 aromatic rings. The lowest BCUT2D eigenvalue weighted by Gasteiger charge is -2.24. The molecular formula is C19H25N5O4S2. The Bertz CT molecular complexity index is 1160. The molecule has 162 valence electrons. The number of hydrogen-bond donors (Lipinski definition) is 2. The zero-order valence-electron chi connectivity index (χ0n) is 16.7. The van der Waals surface area contributed by atoms with Crippen LogP contribution in [0.5, 0.6) is 0 Å². The molecule has 2 heterocycles. The normalized spacial score (nSPS) is 15.7. The highest BCUT2D eigenvalue weighted by molar-refractivity contribution is 7.89. The van der Waals surface area contributed by atoms with Crippen LogP contribution in [0.4, 0.5) is 5.95 Å². The molecule has 0 bridgehead atoms. The molecule has 0 atom stereocenters. The molecule has 0 radical (unpaired) electrons. The predicted octanol–water partition coefficient (Wildman–Crippen LogP) is 0.930. The minimum absolute atomic E-state index is 0.0923. The van der Waals surface area contributed by atoms with Crippen LogP contribution >= 0.6 is 0 Å². The van der Waals surface area contributed by atoms with Gasteiger partial charge >= 0.3 is 0 Å². The number of hydrogen-bond acceptors (Lipinski definition) is 7. The first kappa shape index (κ1) is 22.3. The van der Waals surface area contributed by atoms with Crippen LogP contribution in [-0.2, 0) is 32.9 Å². The van der Waals surface area contributed by atoms with E-state index in [2.05, 4.69) is 9.97 Å². The lowest BCUT2D eigenvalue weighted by Crippen LogP contribution is -2.33. The molecule has 0 unspecified atom stereocenters. The number of aromatic nitrogens is 2. The Morgan fingerprint density at radius 3 is 2.33 bits per heavy atom. The summed E-state index contributed by atoms with van der Waals surface area (Å²) in [7, 11) is -6.89. The number of aryl methyl sites for hydroxylation is 2. The summed E-state index contributed by atoms with van der Waals surface area (Å²) in [6, 6.07) is 8.39. The van der Waals surface area contributed by atoms with Crippen molar-refractivity contribution in [3.63, 3.8) is 0 Å². The number of rotatable bonds is 7. The average Bonchev–Trinajstić information content (AvgIpc) is 2.67. The molecule has 30 heavy (non-hydrogen) atoms. The number of sulfonamides is 2. The van der Waals surface area contributed by atoms with Crippen LogP contribution in [0.25, 0.3) is 5.57 Å². The molecule has 1 aromatic carbocycles. The maximum Gasteiger partial charge on any atom is 0.238 e. The SMILES string of the molecule is CS(=O)(=O)N1CC=C(c2cc(CCCc3ccc(S(N)(=O)=O)cc3)nc(N)n2)CC1. The monoisotopic (exact) mass is 451 g/mol. The van der Waals surface area contributed by atoms with Crippen molar-refractivity contribution in [2.75, 3.05) is 25.1 Å². The van der Waals surface area contributed by atoms with Crippen molar-refractivity contribution in [2.45, 2.75) is 30.6 Å². The van der Waals surface area contributed by atoms with E-state index in [1.165, 1.54) is 22.7 Å². The van der Waals surface area contributed by atoms with Gasteiger partial charge < -0.3 is 5.73 Å². The lowest BCUT2D eigenvalue weighted by molar-refractivity contribution is 0.445. The number of nitrogens with zero attached hydrogens (tertiary/aromatic N) is 3. The van der Waals surface area contributed by atoms with Gasteiger partial charge in [0.1, 0.15) is 0 Å². The number of nitrogens with two attached hydrogens (primary N) is 2. The number of benzene rings is 1. The zero-order valence-corrected chi connectivity index (χ0v) is 18.3. The quantitative estimate of drug-likeness (QED) is 0.636. The maximum absolute atomic E-state index is 11.7. The van der Waals surface area contributed by atoms with Crippen LogP contribution in [0, 0.1) is 0 Å². The first-order chi connectivity index (χ1) is 14.0. The Hall–Kier alpha value is -2.34. The fourth-order valence-corrected chi connectivity index (χ4v) is 4.60. The molecule has 1 aromatic heterocycles. The van der Waals surface area contributed by atoms with Gasteiger partial charge in [0.15, 0.2) is 0 Å². The summed E-state index contributed by atoms with van der Waals surface area (Å²) in [5.41, 5.74) is 9.38. The summed E-state index contributed by atoms with van der Waals surface area (Å²) in [4.78, 5) is 8.70. The van der Waals surface area contributed by atoms with E-state index in [-0.39, 0.29) is 10.8 Å². The Labute approximate surface area is 176 Å². The van der Waals surface area contributed by atoms with Crippen LogP contribution < -0.4 is 10.9 Å². The molecule has 1 aliphatic heterocycles. The molecule has 0 fully saturated rings. The third kappa shape index (κ3) is 5.85. The molecular weight excluding hydrogens is 426 g/mol. The van der Waals surface area contributed by atoms with Gasteiger partial charge in [-0.3, -0.25) is 0 Å². The molecule has 3 rings (SSSR count). The zero-order chi connectivity index (χ0) is 21.9. The number of nitrogen functional groups attached to an aromatic ring is 1. The van der Waals surface area contributed by atoms with Gasteiger partial charge in [-0.2, -0.15) is 4.31 Å². The Balaban J connectivity index is 1.64. The molecule has 0 spiro atoms. The molecule has 4 N–H and O–H groups in total. The highest BCUT2D eigenvalue weighted by Crippen LogP contribution is 2.23. The van der Waals surface area contributed by atoms with E-state index < -0.39 is 20.0 Å². The summed E-state index contributed by atoms with van der Waals surface area (Å²) in [6.07, 6.45) is 5.86. The standard InChI is InChI=1S/C19H25N5O4S2/c1-29(25,26)24-11-9-15(10-12-24)18-13-16(22-19(20)23-18)4-2-3-14-5-7-17(8-6-14)30(21,27)28/h5-9,13H,2-4,10-12H2,1H3,(H2,20,22,23)(H2,21,27,28). The van der Waals surface area contributed by atoms with Crippen LogP contribution in [0.1, 0.15) is 29.8 Å². The highest BCUT2D eigenvalue weighted by Gasteiger charge is 2.21. The van der Waals surface area contributed by atoms with Crippen molar-refractivity contribution in [3.05, 3.63) is 53.4 Å². The predicted molar refractivity (Wildman–Crippen MR) is 115 cm³/mol. The van der Waals surface area contributed by atoms with E-state index in [1.807, 2.05) is 12.1 Å². The highest BCUT2D eigenvalue weighted by atomic mass is 32.2. The Kier molecular flexibility index (Phi) is 6.56. The summed E-state index contributed by atoms with van der Waals surface area (Å²) < 4.78 is 47.4. The Morgan fingerprint density at radius 1 is 1.07 bits per heavy atom. The smallest absolute Gasteiger partial charge is 0.238 e. The van der Waals surface area contributed by atoms with Crippen LogP contribution in [0.3, 0.4) is 0 Å². The summed E-state index contributed by atoms with van der Waals surface area (Å²) in [5, 5.41) is 5.11. The van der Waals surface area contributed by atoms with Crippen molar-refractivity contribution < 1.29 is 16.8 Å². The van der Waals surface area contributed by atoms with Crippen LogP contribution in [0.2, 0.25) is 0 Å². The van der Waals surface area contributed by atoms with E-state index >= 15 is 0 Å².